The smallest absolute Gasteiger partial charge is 0.325 e. The number of fused-ring (bicyclic) bond motifs is 1. The minimum atomic E-state index is -1.18. The molecule has 2 aliphatic heterocycles. The highest BCUT2D eigenvalue weighted by Gasteiger charge is 2.39. The second kappa shape index (κ2) is 10.0. The van der Waals surface area contributed by atoms with Crippen molar-refractivity contribution in [3.8, 4) is 11.1 Å². The van der Waals surface area contributed by atoms with Crippen LogP contribution in [-0.2, 0) is 10.4 Å². The van der Waals surface area contributed by atoms with E-state index in [1.807, 2.05) is 49.8 Å². The van der Waals surface area contributed by atoms with E-state index in [-0.39, 0.29) is 12.1 Å². The molecule has 1 fully saturated rings. The monoisotopic (exact) mass is 532 g/mol. The molecule has 2 atom stereocenters. The van der Waals surface area contributed by atoms with Crippen molar-refractivity contribution >= 4 is 31.9 Å². The first-order valence-electron chi connectivity index (χ1n) is 13.1. The standard InChI is InChI=1S/C27H36N8O2Si/c1-19(2)23-16-33(3)26(36)35(23)24-11-12-34-25(31-24)22(15-30-34)20-7-9-21(10-8-20)27(28-18-29-32-27)17-37-13-14-38(4,5)6/h7-12,15,18-19,23H,13-14,16-17H2,1-6H3. The summed E-state index contributed by atoms with van der Waals surface area (Å²) in [5.74, 6) is 0.945. The summed E-state index contributed by atoms with van der Waals surface area (Å²) in [6.45, 7) is 13.0. The summed E-state index contributed by atoms with van der Waals surface area (Å²) in [7, 11) is 0.650. The van der Waals surface area contributed by atoms with Gasteiger partial charge in [0.1, 0.15) is 12.2 Å². The molecule has 0 N–H and O–H groups in total. The largest absolute Gasteiger partial charge is 0.377 e. The van der Waals surface area contributed by atoms with Crippen molar-refractivity contribution in [1.82, 2.24) is 19.5 Å². The third-order valence-electron chi connectivity index (χ3n) is 7.20. The Bertz CT molecular complexity index is 1360. The number of aromatic nitrogens is 3. The number of anilines is 1. The third kappa shape index (κ3) is 5.00. The number of carbonyl (C=O) groups excluding carboxylic acids is 1. The van der Waals surface area contributed by atoms with Gasteiger partial charge in [-0.05, 0) is 23.6 Å². The number of nitrogens with zero attached hydrogens (tertiary/aromatic N) is 8. The molecule has 3 aromatic rings. The Hall–Kier alpha value is -3.44. The number of hydrogen-bond acceptors (Lipinski definition) is 7. The van der Waals surface area contributed by atoms with Crippen LogP contribution in [0, 0.1) is 5.92 Å². The van der Waals surface area contributed by atoms with Gasteiger partial charge in [-0.25, -0.2) is 19.3 Å². The zero-order chi connectivity index (χ0) is 27.1. The third-order valence-corrected chi connectivity index (χ3v) is 8.90. The van der Waals surface area contributed by atoms with Gasteiger partial charge in [0.05, 0.1) is 18.8 Å². The fraction of sp³-hybridized carbons (Fsp3) is 0.481. The van der Waals surface area contributed by atoms with Crippen molar-refractivity contribution in [2.24, 2.45) is 21.1 Å². The first-order valence-corrected chi connectivity index (χ1v) is 16.8. The van der Waals surface area contributed by atoms with E-state index in [2.05, 4.69) is 53.8 Å². The highest BCUT2D eigenvalue weighted by molar-refractivity contribution is 6.76. The highest BCUT2D eigenvalue weighted by Crippen LogP contribution is 2.34. The second-order valence-corrected chi connectivity index (χ2v) is 17.3. The number of hydrogen-bond donors (Lipinski definition) is 0. The average Bonchev–Trinajstić information content (AvgIpc) is 3.60. The number of amides is 2. The van der Waals surface area contributed by atoms with Crippen LogP contribution in [0.3, 0.4) is 0 Å². The predicted octanol–water partition coefficient (Wildman–Crippen LogP) is 5.29. The molecular formula is C27H36N8O2Si. The lowest BCUT2D eigenvalue weighted by atomic mass is 9.98. The predicted molar refractivity (Wildman–Crippen MR) is 152 cm³/mol. The molecule has 200 valence electrons. The lowest BCUT2D eigenvalue weighted by molar-refractivity contribution is 0.0971. The molecule has 5 rings (SSSR count). The molecule has 4 heterocycles. The van der Waals surface area contributed by atoms with Crippen LogP contribution in [0.15, 0.2) is 57.9 Å². The Morgan fingerprint density at radius 3 is 2.58 bits per heavy atom. The van der Waals surface area contributed by atoms with Gasteiger partial charge >= 0.3 is 6.03 Å². The minimum absolute atomic E-state index is 0.0328. The van der Waals surface area contributed by atoms with E-state index >= 15 is 0 Å². The van der Waals surface area contributed by atoms with E-state index in [0.717, 1.165) is 22.7 Å². The van der Waals surface area contributed by atoms with Crippen LogP contribution in [0.4, 0.5) is 10.6 Å². The van der Waals surface area contributed by atoms with Crippen LogP contribution in [0.5, 0.6) is 0 Å². The number of carbonyl (C=O) groups is 1. The van der Waals surface area contributed by atoms with Crippen molar-refractivity contribution in [2.45, 2.75) is 51.2 Å². The maximum absolute atomic E-state index is 12.9. The van der Waals surface area contributed by atoms with Gasteiger partial charge in [0.2, 0.25) is 5.66 Å². The molecule has 2 aliphatic rings. The van der Waals surface area contributed by atoms with Gasteiger partial charge < -0.3 is 9.64 Å². The summed E-state index contributed by atoms with van der Waals surface area (Å²) in [6.07, 6.45) is 5.16. The number of ether oxygens (including phenoxy) is 1. The van der Waals surface area contributed by atoms with E-state index in [1.54, 1.807) is 14.3 Å². The van der Waals surface area contributed by atoms with Crippen LogP contribution >= 0.6 is 0 Å². The van der Waals surface area contributed by atoms with Crippen molar-refractivity contribution in [2.75, 3.05) is 31.7 Å². The van der Waals surface area contributed by atoms with Crippen molar-refractivity contribution in [3.63, 3.8) is 0 Å². The molecule has 10 nitrogen and oxygen atoms in total. The summed E-state index contributed by atoms with van der Waals surface area (Å²) >= 11 is 0. The summed E-state index contributed by atoms with van der Waals surface area (Å²) in [6, 6.07) is 11.1. The fourth-order valence-corrected chi connectivity index (χ4v) is 5.56. The van der Waals surface area contributed by atoms with Crippen LogP contribution in [0.2, 0.25) is 25.7 Å². The summed E-state index contributed by atoms with van der Waals surface area (Å²) in [5.41, 5.74) is 2.62. The Balaban J connectivity index is 1.41. The van der Waals surface area contributed by atoms with Gasteiger partial charge in [-0.3, -0.25) is 4.90 Å². The molecule has 0 aliphatic carbocycles. The van der Waals surface area contributed by atoms with Crippen molar-refractivity contribution in [1.29, 1.82) is 0 Å². The van der Waals surface area contributed by atoms with E-state index in [1.165, 1.54) is 6.34 Å². The Morgan fingerprint density at radius 1 is 1.16 bits per heavy atom. The lowest BCUT2D eigenvalue weighted by Gasteiger charge is -2.25. The fourth-order valence-electron chi connectivity index (χ4n) is 4.80. The Morgan fingerprint density at radius 2 is 1.92 bits per heavy atom. The molecule has 2 unspecified atom stereocenters. The first kappa shape index (κ1) is 26.2. The van der Waals surface area contributed by atoms with Crippen molar-refractivity contribution < 1.29 is 9.53 Å². The number of likely N-dealkylation sites (N-methyl/N-ethyl adjacent to an activating group) is 1. The van der Waals surface area contributed by atoms with Crippen molar-refractivity contribution in [3.05, 3.63) is 48.3 Å². The maximum Gasteiger partial charge on any atom is 0.325 e. The van der Waals surface area contributed by atoms with Gasteiger partial charge in [0, 0.05) is 45.6 Å². The molecule has 0 radical (unpaired) electrons. The lowest BCUT2D eigenvalue weighted by Crippen LogP contribution is -2.38. The summed E-state index contributed by atoms with van der Waals surface area (Å²) in [4.78, 5) is 26.0. The molecule has 11 heteroatoms. The number of aliphatic imine (C=N–C) groups is 1. The van der Waals surface area contributed by atoms with Gasteiger partial charge in [-0.2, -0.15) is 5.10 Å². The van der Waals surface area contributed by atoms with Gasteiger partial charge in [0.15, 0.2) is 5.65 Å². The number of azo groups is 1. The Kier molecular flexibility index (Phi) is 6.91. The topological polar surface area (TPSA) is 100 Å². The van der Waals surface area contributed by atoms with E-state index in [9.17, 15) is 4.79 Å². The number of urea groups is 1. The van der Waals surface area contributed by atoms with E-state index in [4.69, 9.17) is 9.72 Å². The van der Waals surface area contributed by atoms with Crippen LogP contribution in [0.1, 0.15) is 19.4 Å². The van der Waals surface area contributed by atoms with E-state index < -0.39 is 13.7 Å². The maximum atomic E-state index is 12.9. The van der Waals surface area contributed by atoms with Gasteiger partial charge in [0.25, 0.3) is 0 Å². The number of benzene rings is 1. The SMILES string of the molecule is CC(C)C1CN(C)C(=O)N1c1ccn2ncc(-c3ccc(C4(COCC[Si](C)(C)C)N=CN=N4)cc3)c2n1. The average molecular weight is 533 g/mol. The molecule has 1 aromatic carbocycles. The molecule has 2 amide bonds. The van der Waals surface area contributed by atoms with Crippen LogP contribution in [-0.4, -0.2) is 72.8 Å². The zero-order valence-electron chi connectivity index (χ0n) is 23.0. The quantitative estimate of drug-likeness (QED) is 0.276. The van der Waals surface area contributed by atoms with Crippen LogP contribution in [0.25, 0.3) is 16.8 Å². The molecule has 0 spiro atoms. The Labute approximate surface area is 224 Å². The molecule has 38 heavy (non-hydrogen) atoms. The molecule has 0 bridgehead atoms. The summed E-state index contributed by atoms with van der Waals surface area (Å²) < 4.78 is 7.76. The molecule has 0 saturated carbocycles. The molecule has 2 aromatic heterocycles. The normalized spacial score (nSPS) is 21.6. The molecule has 1 saturated heterocycles. The minimum Gasteiger partial charge on any atom is -0.377 e. The highest BCUT2D eigenvalue weighted by atomic mass is 28.3. The first-order chi connectivity index (χ1) is 18.1. The van der Waals surface area contributed by atoms with Crippen LogP contribution < -0.4 is 4.90 Å². The molecular weight excluding hydrogens is 496 g/mol. The second-order valence-electron chi connectivity index (χ2n) is 11.7. The van der Waals surface area contributed by atoms with Gasteiger partial charge in [-0.15, -0.1) is 10.2 Å². The van der Waals surface area contributed by atoms with Gasteiger partial charge in [-0.1, -0.05) is 57.8 Å². The van der Waals surface area contributed by atoms with E-state index in [0.29, 0.717) is 37.1 Å². The summed E-state index contributed by atoms with van der Waals surface area (Å²) in [5, 5.41) is 13.0. The zero-order valence-corrected chi connectivity index (χ0v) is 24.0. The number of rotatable bonds is 9.